The second kappa shape index (κ2) is 3.70. The SMILES string of the molecule is NC(=O)c1cccc(-c2c[nH]c(=S)[nH]2)c1. The standard InChI is InChI=1S/C10H9N3OS/c11-9(14)7-3-1-2-6(4-7)8-5-12-10(15)13-8/h1-5H,(H2,11,14)(H2,12,13,15). The highest BCUT2D eigenvalue weighted by Crippen LogP contribution is 2.17. The predicted molar refractivity (Wildman–Crippen MR) is 59.9 cm³/mol. The molecule has 0 unspecified atom stereocenters. The molecule has 2 aromatic rings. The Kier molecular flexibility index (Phi) is 2.39. The molecule has 0 spiro atoms. The number of aromatic nitrogens is 2. The van der Waals surface area contributed by atoms with Gasteiger partial charge in [0.15, 0.2) is 4.77 Å². The zero-order valence-corrected chi connectivity index (χ0v) is 8.60. The van der Waals surface area contributed by atoms with Crippen LogP contribution in [0.15, 0.2) is 30.5 Å². The zero-order chi connectivity index (χ0) is 10.8. The Morgan fingerprint density at radius 3 is 2.80 bits per heavy atom. The number of nitrogens with one attached hydrogen (secondary N) is 2. The van der Waals surface area contributed by atoms with Crippen LogP contribution in [0.1, 0.15) is 10.4 Å². The number of primary amides is 1. The van der Waals surface area contributed by atoms with E-state index in [1.54, 1.807) is 24.4 Å². The van der Waals surface area contributed by atoms with E-state index in [0.29, 0.717) is 10.3 Å². The molecule has 4 nitrogen and oxygen atoms in total. The summed E-state index contributed by atoms with van der Waals surface area (Å²) >= 11 is 4.91. The van der Waals surface area contributed by atoms with E-state index in [4.69, 9.17) is 18.0 Å². The van der Waals surface area contributed by atoms with Gasteiger partial charge < -0.3 is 15.7 Å². The average Bonchev–Trinajstić information content (AvgIpc) is 2.65. The molecule has 0 fully saturated rings. The normalized spacial score (nSPS) is 10.1. The third-order valence-electron chi connectivity index (χ3n) is 2.05. The molecule has 0 aliphatic carbocycles. The first-order valence-corrected chi connectivity index (χ1v) is 4.75. The Labute approximate surface area is 91.1 Å². The summed E-state index contributed by atoms with van der Waals surface area (Å²) in [4.78, 5) is 16.8. The van der Waals surface area contributed by atoms with Crippen molar-refractivity contribution in [3.05, 3.63) is 40.8 Å². The third-order valence-corrected chi connectivity index (χ3v) is 2.27. The van der Waals surface area contributed by atoms with Crippen LogP contribution in [0, 0.1) is 4.77 Å². The summed E-state index contributed by atoms with van der Waals surface area (Å²) in [7, 11) is 0. The van der Waals surface area contributed by atoms with E-state index in [1.165, 1.54) is 0 Å². The Bertz CT molecular complexity index is 556. The molecule has 0 aliphatic rings. The highest BCUT2D eigenvalue weighted by Gasteiger charge is 2.03. The number of carbonyl (C=O) groups excluding carboxylic acids is 1. The summed E-state index contributed by atoms with van der Waals surface area (Å²) in [5.41, 5.74) is 7.38. The second-order valence-electron chi connectivity index (χ2n) is 3.10. The highest BCUT2D eigenvalue weighted by atomic mass is 32.1. The van der Waals surface area contributed by atoms with Gasteiger partial charge in [-0.05, 0) is 24.4 Å². The first kappa shape index (κ1) is 9.67. The number of aromatic amines is 2. The van der Waals surface area contributed by atoms with Crippen molar-refractivity contribution in [2.24, 2.45) is 5.73 Å². The van der Waals surface area contributed by atoms with E-state index in [1.807, 2.05) is 6.07 Å². The van der Waals surface area contributed by atoms with Crippen molar-refractivity contribution in [2.75, 3.05) is 0 Å². The Morgan fingerprint density at radius 2 is 2.20 bits per heavy atom. The lowest BCUT2D eigenvalue weighted by Gasteiger charge is -1.99. The monoisotopic (exact) mass is 219 g/mol. The van der Waals surface area contributed by atoms with Gasteiger partial charge in [0.2, 0.25) is 5.91 Å². The largest absolute Gasteiger partial charge is 0.366 e. The first-order valence-electron chi connectivity index (χ1n) is 4.35. The summed E-state index contributed by atoms with van der Waals surface area (Å²) in [5.74, 6) is -0.439. The number of hydrogen-bond donors (Lipinski definition) is 3. The number of amides is 1. The Balaban J connectivity index is 2.49. The lowest BCUT2D eigenvalue weighted by molar-refractivity contribution is 0.100. The van der Waals surface area contributed by atoms with E-state index in [0.717, 1.165) is 11.3 Å². The Hall–Kier alpha value is -1.88. The van der Waals surface area contributed by atoms with Gasteiger partial charge in [-0.2, -0.15) is 0 Å². The van der Waals surface area contributed by atoms with E-state index in [9.17, 15) is 4.79 Å². The summed E-state index contributed by atoms with van der Waals surface area (Å²) in [6.45, 7) is 0. The van der Waals surface area contributed by atoms with Crippen LogP contribution in [0.2, 0.25) is 0 Å². The van der Waals surface area contributed by atoms with Crippen LogP contribution in [-0.2, 0) is 0 Å². The van der Waals surface area contributed by atoms with Crippen LogP contribution < -0.4 is 5.73 Å². The van der Waals surface area contributed by atoms with Gasteiger partial charge in [0.1, 0.15) is 0 Å². The van der Waals surface area contributed by atoms with Gasteiger partial charge in [-0.1, -0.05) is 12.1 Å². The molecule has 1 heterocycles. The molecule has 5 heteroatoms. The fourth-order valence-corrected chi connectivity index (χ4v) is 1.50. The van der Waals surface area contributed by atoms with Crippen molar-refractivity contribution in [1.82, 2.24) is 9.97 Å². The molecule has 1 aromatic heterocycles. The molecule has 2 rings (SSSR count). The molecule has 4 N–H and O–H groups in total. The minimum Gasteiger partial charge on any atom is -0.366 e. The van der Waals surface area contributed by atoms with Gasteiger partial charge in [-0.15, -0.1) is 0 Å². The molecular weight excluding hydrogens is 210 g/mol. The van der Waals surface area contributed by atoms with E-state index in [2.05, 4.69) is 9.97 Å². The van der Waals surface area contributed by atoms with Gasteiger partial charge in [0.25, 0.3) is 0 Å². The molecule has 1 amide bonds. The van der Waals surface area contributed by atoms with Crippen molar-refractivity contribution in [2.45, 2.75) is 0 Å². The van der Waals surface area contributed by atoms with Gasteiger partial charge in [-0.3, -0.25) is 4.79 Å². The van der Waals surface area contributed by atoms with Crippen molar-refractivity contribution in [3.8, 4) is 11.3 Å². The molecule has 0 bridgehead atoms. The minimum atomic E-state index is -0.439. The maximum absolute atomic E-state index is 11.0. The number of imidazole rings is 1. The second-order valence-corrected chi connectivity index (χ2v) is 3.51. The number of benzene rings is 1. The number of hydrogen-bond acceptors (Lipinski definition) is 2. The molecule has 0 aliphatic heterocycles. The quantitative estimate of drug-likeness (QED) is 0.674. The first-order chi connectivity index (χ1) is 7.16. The zero-order valence-electron chi connectivity index (χ0n) is 7.78. The van der Waals surface area contributed by atoms with Crippen molar-refractivity contribution < 1.29 is 4.79 Å². The molecule has 76 valence electrons. The van der Waals surface area contributed by atoms with Crippen LogP contribution in [-0.4, -0.2) is 15.9 Å². The summed E-state index contributed by atoms with van der Waals surface area (Å²) in [5, 5.41) is 0. The Morgan fingerprint density at radius 1 is 1.40 bits per heavy atom. The van der Waals surface area contributed by atoms with Gasteiger partial charge in [-0.25, -0.2) is 0 Å². The maximum Gasteiger partial charge on any atom is 0.248 e. The van der Waals surface area contributed by atoms with Crippen LogP contribution >= 0.6 is 12.2 Å². The van der Waals surface area contributed by atoms with Crippen LogP contribution in [0.5, 0.6) is 0 Å². The molecule has 15 heavy (non-hydrogen) atoms. The van der Waals surface area contributed by atoms with Gasteiger partial charge in [0, 0.05) is 17.3 Å². The molecule has 1 aromatic carbocycles. The molecule has 0 saturated carbocycles. The van der Waals surface area contributed by atoms with Gasteiger partial charge >= 0.3 is 0 Å². The minimum absolute atomic E-state index is 0.439. The van der Waals surface area contributed by atoms with E-state index in [-0.39, 0.29) is 0 Å². The smallest absolute Gasteiger partial charge is 0.248 e. The van der Waals surface area contributed by atoms with E-state index >= 15 is 0 Å². The number of nitrogens with two attached hydrogens (primary N) is 1. The fraction of sp³-hybridized carbons (Fsp3) is 0. The van der Waals surface area contributed by atoms with Gasteiger partial charge in [0.05, 0.1) is 5.69 Å². The lowest BCUT2D eigenvalue weighted by Crippen LogP contribution is -2.10. The average molecular weight is 219 g/mol. The number of carbonyl (C=O) groups is 1. The third kappa shape index (κ3) is 1.97. The molecule has 0 atom stereocenters. The van der Waals surface area contributed by atoms with E-state index < -0.39 is 5.91 Å². The lowest BCUT2D eigenvalue weighted by atomic mass is 10.1. The maximum atomic E-state index is 11.0. The number of H-pyrrole nitrogens is 2. The molecular formula is C10H9N3OS. The number of rotatable bonds is 2. The van der Waals surface area contributed by atoms with Crippen LogP contribution in [0.4, 0.5) is 0 Å². The summed E-state index contributed by atoms with van der Waals surface area (Å²) < 4.78 is 0.550. The van der Waals surface area contributed by atoms with Crippen LogP contribution in [0.3, 0.4) is 0 Å². The van der Waals surface area contributed by atoms with Crippen molar-refractivity contribution in [3.63, 3.8) is 0 Å². The summed E-state index contributed by atoms with van der Waals surface area (Å²) in [6.07, 6.45) is 1.75. The fourth-order valence-electron chi connectivity index (χ4n) is 1.33. The molecule has 0 radical (unpaired) electrons. The topological polar surface area (TPSA) is 74.7 Å². The van der Waals surface area contributed by atoms with Crippen molar-refractivity contribution in [1.29, 1.82) is 0 Å². The van der Waals surface area contributed by atoms with Crippen molar-refractivity contribution >= 4 is 18.1 Å². The van der Waals surface area contributed by atoms with Crippen LogP contribution in [0.25, 0.3) is 11.3 Å². The predicted octanol–water partition coefficient (Wildman–Crippen LogP) is 1.84. The summed E-state index contributed by atoms with van der Waals surface area (Å²) in [6, 6.07) is 7.05. The molecule has 0 saturated heterocycles. The highest BCUT2D eigenvalue weighted by molar-refractivity contribution is 7.71.